The monoisotopic (exact) mass is 385 g/mol. The Kier molecular flexibility index (Phi) is 4.86. The van der Waals surface area contributed by atoms with Crippen molar-refractivity contribution in [1.29, 1.82) is 0 Å². The van der Waals surface area contributed by atoms with Gasteiger partial charge < -0.3 is 5.32 Å². The SMILES string of the molecule is CSc1nc2nc(C)c(CC(=O)Nc3ccnn3C3CCCC3)c(C)n2n1. The lowest BCUT2D eigenvalue weighted by atomic mass is 10.1. The molecule has 0 unspecified atom stereocenters. The fraction of sp³-hybridized carbons (Fsp3) is 0.500. The molecule has 8 nitrogen and oxygen atoms in total. The van der Waals surface area contributed by atoms with Gasteiger partial charge in [-0.05, 0) is 32.9 Å². The molecule has 0 radical (unpaired) electrons. The van der Waals surface area contributed by atoms with Gasteiger partial charge in [-0.2, -0.15) is 10.1 Å². The number of amides is 1. The number of hydrogen-bond donors (Lipinski definition) is 1. The van der Waals surface area contributed by atoms with E-state index in [1.54, 1.807) is 10.7 Å². The first kappa shape index (κ1) is 18.0. The quantitative estimate of drug-likeness (QED) is 0.679. The average molecular weight is 385 g/mol. The van der Waals surface area contributed by atoms with Crippen molar-refractivity contribution in [2.24, 2.45) is 0 Å². The normalized spacial score (nSPS) is 14.9. The van der Waals surface area contributed by atoms with Crippen molar-refractivity contribution in [2.45, 2.75) is 57.1 Å². The molecule has 1 saturated carbocycles. The minimum Gasteiger partial charge on any atom is -0.311 e. The van der Waals surface area contributed by atoms with Gasteiger partial charge in [0, 0.05) is 23.0 Å². The van der Waals surface area contributed by atoms with Gasteiger partial charge in [-0.15, -0.1) is 5.10 Å². The van der Waals surface area contributed by atoms with E-state index in [0.29, 0.717) is 17.0 Å². The highest BCUT2D eigenvalue weighted by atomic mass is 32.2. The van der Waals surface area contributed by atoms with E-state index < -0.39 is 0 Å². The summed E-state index contributed by atoms with van der Waals surface area (Å²) in [6.45, 7) is 3.86. The number of carbonyl (C=O) groups is 1. The van der Waals surface area contributed by atoms with Crippen LogP contribution in [0.3, 0.4) is 0 Å². The van der Waals surface area contributed by atoms with Crippen LogP contribution in [0, 0.1) is 13.8 Å². The molecule has 3 aromatic heterocycles. The molecule has 0 aliphatic heterocycles. The Balaban J connectivity index is 1.56. The Morgan fingerprint density at radius 2 is 2.07 bits per heavy atom. The number of carbonyl (C=O) groups excluding carboxylic acids is 1. The molecule has 0 spiro atoms. The third-order valence-corrected chi connectivity index (χ3v) is 5.70. The molecular formula is C18H23N7OS. The van der Waals surface area contributed by atoms with Gasteiger partial charge in [0.25, 0.3) is 5.78 Å². The maximum absolute atomic E-state index is 12.7. The molecule has 142 valence electrons. The first-order valence-electron chi connectivity index (χ1n) is 9.17. The lowest BCUT2D eigenvalue weighted by molar-refractivity contribution is -0.115. The molecule has 0 saturated heterocycles. The van der Waals surface area contributed by atoms with Crippen molar-refractivity contribution in [3.63, 3.8) is 0 Å². The minimum absolute atomic E-state index is 0.0766. The summed E-state index contributed by atoms with van der Waals surface area (Å²) < 4.78 is 3.67. The zero-order valence-electron chi connectivity index (χ0n) is 15.8. The van der Waals surface area contributed by atoms with Crippen molar-refractivity contribution >= 4 is 29.3 Å². The van der Waals surface area contributed by atoms with Gasteiger partial charge in [-0.25, -0.2) is 14.2 Å². The summed E-state index contributed by atoms with van der Waals surface area (Å²) in [5.74, 6) is 1.26. The second-order valence-electron chi connectivity index (χ2n) is 6.90. The van der Waals surface area contributed by atoms with Crippen LogP contribution in [0.15, 0.2) is 17.4 Å². The zero-order valence-corrected chi connectivity index (χ0v) is 16.6. The standard InChI is InChI=1S/C18H23N7OS/c1-11-14(12(2)24-17(20-11)22-18(23-24)27-3)10-16(26)21-15-8-9-19-25(15)13-6-4-5-7-13/h8-9,13H,4-7,10H2,1-3H3,(H,21,26). The molecule has 3 aromatic rings. The van der Waals surface area contributed by atoms with Gasteiger partial charge in [-0.1, -0.05) is 24.6 Å². The summed E-state index contributed by atoms with van der Waals surface area (Å²) in [5, 5.41) is 12.5. The van der Waals surface area contributed by atoms with E-state index in [1.165, 1.54) is 24.6 Å². The first-order chi connectivity index (χ1) is 13.1. The van der Waals surface area contributed by atoms with E-state index in [1.807, 2.05) is 30.9 Å². The van der Waals surface area contributed by atoms with E-state index in [2.05, 4.69) is 25.5 Å². The Morgan fingerprint density at radius 3 is 2.81 bits per heavy atom. The van der Waals surface area contributed by atoms with Gasteiger partial charge in [0.15, 0.2) is 0 Å². The molecule has 1 fully saturated rings. The third kappa shape index (κ3) is 3.43. The second-order valence-corrected chi connectivity index (χ2v) is 7.67. The number of rotatable bonds is 5. The molecule has 9 heteroatoms. The van der Waals surface area contributed by atoms with E-state index in [4.69, 9.17) is 0 Å². The van der Waals surface area contributed by atoms with Crippen LogP contribution in [0.25, 0.3) is 5.78 Å². The number of anilines is 1. The summed E-state index contributed by atoms with van der Waals surface area (Å²) in [6, 6.07) is 2.25. The molecule has 0 atom stereocenters. The van der Waals surface area contributed by atoms with Crippen LogP contribution in [0.2, 0.25) is 0 Å². The number of aromatic nitrogens is 6. The van der Waals surface area contributed by atoms with E-state index in [-0.39, 0.29) is 12.3 Å². The Labute approximate surface area is 161 Å². The van der Waals surface area contributed by atoms with Crippen LogP contribution in [-0.2, 0) is 11.2 Å². The number of nitrogens with zero attached hydrogens (tertiary/aromatic N) is 6. The molecule has 3 heterocycles. The van der Waals surface area contributed by atoms with Crippen LogP contribution in [0.1, 0.15) is 48.7 Å². The van der Waals surface area contributed by atoms with Crippen molar-refractivity contribution in [3.8, 4) is 0 Å². The molecule has 0 bridgehead atoms. The zero-order chi connectivity index (χ0) is 19.0. The maximum Gasteiger partial charge on any atom is 0.253 e. The highest BCUT2D eigenvalue weighted by molar-refractivity contribution is 7.98. The van der Waals surface area contributed by atoms with Crippen molar-refractivity contribution in [1.82, 2.24) is 29.4 Å². The number of hydrogen-bond acceptors (Lipinski definition) is 6. The minimum atomic E-state index is -0.0766. The summed E-state index contributed by atoms with van der Waals surface area (Å²) in [5.41, 5.74) is 2.58. The van der Waals surface area contributed by atoms with Gasteiger partial charge in [0.2, 0.25) is 11.1 Å². The molecular weight excluding hydrogens is 362 g/mol. The smallest absolute Gasteiger partial charge is 0.253 e. The fourth-order valence-electron chi connectivity index (χ4n) is 3.73. The van der Waals surface area contributed by atoms with Crippen LogP contribution in [-0.4, -0.2) is 41.5 Å². The predicted octanol–water partition coefficient (Wildman–Crippen LogP) is 2.96. The maximum atomic E-state index is 12.7. The van der Waals surface area contributed by atoms with Crippen LogP contribution < -0.4 is 5.32 Å². The molecule has 1 amide bonds. The van der Waals surface area contributed by atoms with Gasteiger partial charge in [0.1, 0.15) is 5.82 Å². The topological polar surface area (TPSA) is 90.0 Å². The highest BCUT2D eigenvalue weighted by Crippen LogP contribution is 2.31. The number of nitrogens with one attached hydrogen (secondary N) is 1. The van der Waals surface area contributed by atoms with Gasteiger partial charge in [0.05, 0.1) is 18.7 Å². The van der Waals surface area contributed by atoms with Crippen LogP contribution in [0.4, 0.5) is 5.82 Å². The number of fused-ring (bicyclic) bond motifs is 1. The summed E-state index contributed by atoms with van der Waals surface area (Å²) in [6.07, 6.45) is 8.60. The van der Waals surface area contributed by atoms with Crippen LogP contribution in [0.5, 0.6) is 0 Å². The Bertz CT molecular complexity index is 987. The van der Waals surface area contributed by atoms with E-state index in [9.17, 15) is 4.79 Å². The van der Waals surface area contributed by atoms with Gasteiger partial charge >= 0.3 is 0 Å². The largest absolute Gasteiger partial charge is 0.311 e. The molecule has 27 heavy (non-hydrogen) atoms. The average Bonchev–Trinajstić information content (AvgIpc) is 3.38. The third-order valence-electron chi connectivity index (χ3n) is 5.16. The highest BCUT2D eigenvalue weighted by Gasteiger charge is 2.21. The molecule has 1 aliphatic carbocycles. The summed E-state index contributed by atoms with van der Waals surface area (Å²) in [4.78, 5) is 21.6. The molecule has 0 aromatic carbocycles. The lowest BCUT2D eigenvalue weighted by Gasteiger charge is -2.15. The fourth-order valence-corrected chi connectivity index (χ4v) is 4.07. The number of aryl methyl sites for hydroxylation is 2. The van der Waals surface area contributed by atoms with Crippen LogP contribution >= 0.6 is 11.8 Å². The first-order valence-corrected chi connectivity index (χ1v) is 10.4. The lowest BCUT2D eigenvalue weighted by Crippen LogP contribution is -2.21. The molecule has 4 rings (SSSR count). The molecule has 1 aliphatic rings. The van der Waals surface area contributed by atoms with Crippen molar-refractivity contribution in [3.05, 3.63) is 29.2 Å². The second kappa shape index (κ2) is 7.30. The number of thioether (sulfide) groups is 1. The van der Waals surface area contributed by atoms with Crippen molar-refractivity contribution in [2.75, 3.05) is 11.6 Å². The Morgan fingerprint density at radius 1 is 1.30 bits per heavy atom. The Hall–Kier alpha value is -2.42. The predicted molar refractivity (Wildman–Crippen MR) is 104 cm³/mol. The van der Waals surface area contributed by atoms with E-state index in [0.717, 1.165) is 35.6 Å². The summed E-state index contributed by atoms with van der Waals surface area (Å²) in [7, 11) is 0. The molecule has 1 N–H and O–H groups in total. The van der Waals surface area contributed by atoms with E-state index >= 15 is 0 Å². The van der Waals surface area contributed by atoms with Gasteiger partial charge in [-0.3, -0.25) is 4.79 Å². The summed E-state index contributed by atoms with van der Waals surface area (Å²) >= 11 is 1.47. The van der Waals surface area contributed by atoms with Crippen molar-refractivity contribution < 1.29 is 4.79 Å².